The Morgan fingerprint density at radius 1 is 1.53 bits per heavy atom. The number of nitrogens with one attached hydrogen (secondary N) is 1. The maximum absolute atomic E-state index is 11.2. The van der Waals surface area contributed by atoms with Gasteiger partial charge in [-0.1, -0.05) is 0 Å². The lowest BCUT2D eigenvalue weighted by Gasteiger charge is -1.96. The average Bonchev–Trinajstić information content (AvgIpc) is 2.69. The minimum Gasteiger partial charge on any atom is -0.463 e. The first-order chi connectivity index (χ1) is 8.20. The molecule has 0 amide bonds. The number of hydrogen-bond acceptors (Lipinski definition) is 3. The SMILES string of the molecule is CCOC(=O)C=Cc1c[nH]c2ccc(N)cc12. The van der Waals surface area contributed by atoms with Crippen molar-refractivity contribution in [2.24, 2.45) is 0 Å². The van der Waals surface area contributed by atoms with Gasteiger partial charge in [-0.15, -0.1) is 0 Å². The molecule has 0 atom stereocenters. The number of ether oxygens (including phenoxy) is 1. The largest absolute Gasteiger partial charge is 0.463 e. The number of esters is 1. The van der Waals surface area contributed by atoms with E-state index in [1.807, 2.05) is 24.4 Å². The highest BCUT2D eigenvalue weighted by atomic mass is 16.5. The molecule has 0 unspecified atom stereocenters. The first-order valence-electron chi connectivity index (χ1n) is 5.42. The Labute approximate surface area is 99.1 Å². The summed E-state index contributed by atoms with van der Waals surface area (Å²) in [6.07, 6.45) is 4.96. The highest BCUT2D eigenvalue weighted by molar-refractivity contribution is 5.95. The number of aromatic nitrogens is 1. The van der Waals surface area contributed by atoms with Crippen LogP contribution in [0.15, 0.2) is 30.5 Å². The zero-order valence-corrected chi connectivity index (χ0v) is 9.57. The second-order valence-corrected chi connectivity index (χ2v) is 3.63. The van der Waals surface area contributed by atoms with Crippen LogP contribution in [0.25, 0.3) is 17.0 Å². The molecule has 3 N–H and O–H groups in total. The van der Waals surface area contributed by atoms with E-state index in [4.69, 9.17) is 10.5 Å². The van der Waals surface area contributed by atoms with E-state index in [2.05, 4.69) is 4.98 Å². The van der Waals surface area contributed by atoms with E-state index in [-0.39, 0.29) is 5.97 Å². The number of anilines is 1. The molecule has 88 valence electrons. The van der Waals surface area contributed by atoms with Gasteiger partial charge in [0.2, 0.25) is 0 Å². The lowest BCUT2D eigenvalue weighted by molar-refractivity contribution is -0.137. The van der Waals surface area contributed by atoms with Gasteiger partial charge in [0.25, 0.3) is 0 Å². The summed E-state index contributed by atoms with van der Waals surface area (Å²) in [7, 11) is 0. The molecule has 1 aromatic heterocycles. The van der Waals surface area contributed by atoms with Crippen LogP contribution in [0.2, 0.25) is 0 Å². The van der Waals surface area contributed by atoms with Gasteiger partial charge >= 0.3 is 5.97 Å². The van der Waals surface area contributed by atoms with E-state index >= 15 is 0 Å². The molecule has 17 heavy (non-hydrogen) atoms. The highest BCUT2D eigenvalue weighted by Crippen LogP contribution is 2.21. The van der Waals surface area contributed by atoms with Crippen LogP contribution in [0.1, 0.15) is 12.5 Å². The normalized spacial score (nSPS) is 11.1. The summed E-state index contributed by atoms with van der Waals surface area (Å²) in [5, 5.41) is 0.991. The number of nitrogens with two attached hydrogens (primary N) is 1. The summed E-state index contributed by atoms with van der Waals surface area (Å²) in [6, 6.07) is 5.61. The summed E-state index contributed by atoms with van der Waals surface area (Å²) < 4.78 is 4.82. The molecule has 0 aliphatic rings. The van der Waals surface area contributed by atoms with Crippen LogP contribution in [0.3, 0.4) is 0 Å². The third-order valence-electron chi connectivity index (χ3n) is 2.42. The maximum atomic E-state index is 11.2. The number of H-pyrrole nitrogens is 1. The number of nitrogen functional groups attached to an aromatic ring is 1. The van der Waals surface area contributed by atoms with Crippen molar-refractivity contribution < 1.29 is 9.53 Å². The molecule has 0 aliphatic heterocycles. The minimum atomic E-state index is -0.342. The summed E-state index contributed by atoms with van der Waals surface area (Å²) in [4.78, 5) is 14.3. The van der Waals surface area contributed by atoms with Crippen LogP contribution in [-0.2, 0) is 9.53 Å². The second kappa shape index (κ2) is 4.74. The van der Waals surface area contributed by atoms with E-state index in [9.17, 15) is 4.79 Å². The van der Waals surface area contributed by atoms with E-state index in [0.717, 1.165) is 16.5 Å². The number of fused-ring (bicyclic) bond motifs is 1. The van der Waals surface area contributed by atoms with Crippen LogP contribution in [-0.4, -0.2) is 17.6 Å². The number of hydrogen-bond donors (Lipinski definition) is 2. The minimum absolute atomic E-state index is 0.342. The number of carbonyl (C=O) groups excluding carboxylic acids is 1. The molecule has 4 nitrogen and oxygen atoms in total. The summed E-state index contributed by atoms with van der Waals surface area (Å²) in [6.45, 7) is 2.15. The third-order valence-corrected chi connectivity index (χ3v) is 2.42. The molecule has 2 aromatic rings. The Balaban J connectivity index is 2.30. The highest BCUT2D eigenvalue weighted by Gasteiger charge is 2.02. The van der Waals surface area contributed by atoms with Crippen LogP contribution in [0.5, 0.6) is 0 Å². The molecular weight excluding hydrogens is 216 g/mol. The van der Waals surface area contributed by atoms with Gasteiger partial charge < -0.3 is 15.5 Å². The molecule has 1 aromatic carbocycles. The van der Waals surface area contributed by atoms with Crippen molar-refractivity contribution in [1.29, 1.82) is 0 Å². The smallest absolute Gasteiger partial charge is 0.330 e. The van der Waals surface area contributed by atoms with Crippen LogP contribution < -0.4 is 5.73 Å². The third kappa shape index (κ3) is 2.47. The molecule has 0 spiro atoms. The fraction of sp³-hybridized carbons (Fsp3) is 0.154. The summed E-state index contributed by atoms with van der Waals surface area (Å²) in [5.41, 5.74) is 8.33. The van der Waals surface area contributed by atoms with Crippen molar-refractivity contribution in [2.45, 2.75) is 6.92 Å². The molecule has 0 saturated carbocycles. The molecule has 1 heterocycles. The topological polar surface area (TPSA) is 68.1 Å². The Bertz CT molecular complexity index is 570. The van der Waals surface area contributed by atoms with Crippen molar-refractivity contribution in [2.75, 3.05) is 12.3 Å². The Hall–Kier alpha value is -2.23. The standard InChI is InChI=1S/C13H14N2O2/c1-2-17-13(16)6-3-9-8-15-12-5-4-10(14)7-11(9)12/h3-8,15H,2,14H2,1H3. The van der Waals surface area contributed by atoms with E-state index in [1.54, 1.807) is 13.0 Å². The molecule has 2 rings (SSSR count). The van der Waals surface area contributed by atoms with Crippen molar-refractivity contribution in [3.63, 3.8) is 0 Å². The second-order valence-electron chi connectivity index (χ2n) is 3.63. The van der Waals surface area contributed by atoms with Gasteiger partial charge in [0.05, 0.1) is 6.61 Å². The maximum Gasteiger partial charge on any atom is 0.330 e. The number of rotatable bonds is 3. The summed E-state index contributed by atoms with van der Waals surface area (Å²) in [5.74, 6) is -0.342. The van der Waals surface area contributed by atoms with Crippen molar-refractivity contribution >= 4 is 28.6 Å². The van der Waals surface area contributed by atoms with Gasteiger partial charge in [-0.25, -0.2) is 4.79 Å². The molecule has 0 aliphatic carbocycles. The van der Waals surface area contributed by atoms with Crippen molar-refractivity contribution in [1.82, 2.24) is 4.98 Å². The van der Waals surface area contributed by atoms with Gasteiger partial charge in [0.15, 0.2) is 0 Å². The summed E-state index contributed by atoms with van der Waals surface area (Å²) >= 11 is 0. The van der Waals surface area contributed by atoms with Gasteiger partial charge in [-0.3, -0.25) is 0 Å². The van der Waals surface area contributed by atoms with Crippen molar-refractivity contribution in [3.8, 4) is 0 Å². The van der Waals surface area contributed by atoms with Gasteiger partial charge in [0, 0.05) is 34.4 Å². The molecule has 0 fully saturated rings. The lowest BCUT2D eigenvalue weighted by Crippen LogP contribution is -1.98. The Morgan fingerprint density at radius 2 is 2.35 bits per heavy atom. The predicted octanol–water partition coefficient (Wildman–Crippen LogP) is 2.33. The Morgan fingerprint density at radius 3 is 3.12 bits per heavy atom. The number of benzene rings is 1. The van der Waals surface area contributed by atoms with Gasteiger partial charge in [-0.2, -0.15) is 0 Å². The first-order valence-corrected chi connectivity index (χ1v) is 5.42. The molecule has 0 saturated heterocycles. The zero-order chi connectivity index (χ0) is 12.3. The number of carbonyl (C=O) groups is 1. The molecular formula is C13H14N2O2. The number of aromatic amines is 1. The van der Waals surface area contributed by atoms with Crippen LogP contribution in [0.4, 0.5) is 5.69 Å². The van der Waals surface area contributed by atoms with Crippen LogP contribution in [0, 0.1) is 0 Å². The average molecular weight is 230 g/mol. The fourth-order valence-electron chi connectivity index (χ4n) is 1.65. The van der Waals surface area contributed by atoms with E-state index in [1.165, 1.54) is 6.08 Å². The van der Waals surface area contributed by atoms with E-state index < -0.39 is 0 Å². The molecule has 0 radical (unpaired) electrons. The molecule has 0 bridgehead atoms. The molecule has 4 heteroatoms. The van der Waals surface area contributed by atoms with Gasteiger partial charge in [-0.05, 0) is 31.2 Å². The monoisotopic (exact) mass is 230 g/mol. The zero-order valence-electron chi connectivity index (χ0n) is 9.57. The Kier molecular flexibility index (Phi) is 3.14. The lowest BCUT2D eigenvalue weighted by atomic mass is 10.1. The van der Waals surface area contributed by atoms with E-state index in [0.29, 0.717) is 12.3 Å². The predicted molar refractivity (Wildman–Crippen MR) is 68.4 cm³/mol. The van der Waals surface area contributed by atoms with Gasteiger partial charge in [0.1, 0.15) is 0 Å². The van der Waals surface area contributed by atoms with Crippen LogP contribution >= 0.6 is 0 Å². The fourth-order valence-corrected chi connectivity index (χ4v) is 1.65. The van der Waals surface area contributed by atoms with Crippen molar-refractivity contribution in [3.05, 3.63) is 36.0 Å². The quantitative estimate of drug-likeness (QED) is 0.483. The first kappa shape index (κ1) is 11.3.